The number of aliphatic hydroxyl groups excluding tert-OH is 1. The molecule has 112 valence electrons. The third-order valence-electron chi connectivity index (χ3n) is 2.89. The van der Waals surface area contributed by atoms with Gasteiger partial charge < -0.3 is 5.11 Å². The second-order valence-electron chi connectivity index (χ2n) is 4.44. The average Bonchev–Trinajstić information content (AvgIpc) is 2.36. The van der Waals surface area contributed by atoms with Gasteiger partial charge in [0.25, 0.3) is 5.69 Å². The van der Waals surface area contributed by atoms with Crippen LogP contribution in [0.15, 0.2) is 23.1 Å². The first-order valence-electron chi connectivity index (χ1n) is 5.76. The summed E-state index contributed by atoms with van der Waals surface area (Å²) in [5.41, 5.74) is -0.832. The Morgan fingerprint density at radius 2 is 2.05 bits per heavy atom. The summed E-state index contributed by atoms with van der Waals surface area (Å²) in [7, 11) is -4.18. The highest BCUT2D eigenvalue weighted by atomic mass is 32.2. The third-order valence-corrected chi connectivity index (χ3v) is 4.50. The number of aliphatic hydroxyl groups is 1. The minimum Gasteiger partial charge on any atom is -0.396 e. The lowest BCUT2D eigenvalue weighted by atomic mass is 10.1. The van der Waals surface area contributed by atoms with Crippen molar-refractivity contribution in [3.63, 3.8) is 0 Å². The van der Waals surface area contributed by atoms with Crippen molar-refractivity contribution < 1.29 is 22.8 Å². The normalized spacial score (nSPS) is 14.8. The topological polar surface area (TPSA) is 110 Å². The monoisotopic (exact) mass is 306 g/mol. The van der Waals surface area contributed by atoms with Gasteiger partial charge in [-0.25, -0.2) is 17.5 Å². The van der Waals surface area contributed by atoms with Gasteiger partial charge in [-0.15, -0.1) is 0 Å². The van der Waals surface area contributed by atoms with E-state index in [0.29, 0.717) is 6.07 Å². The standard InChI is InChI=1S/C11H15FN2O5S/c1-7(6-15)8(2)13-20(18,19)11-4-3-9(12)5-10(11)14(16)17/h3-5,7-8,13,15H,6H2,1-2H3. The number of nitrogens with zero attached hydrogens (tertiary/aromatic N) is 1. The summed E-state index contributed by atoms with van der Waals surface area (Å²) < 4.78 is 39.4. The van der Waals surface area contributed by atoms with Gasteiger partial charge in [-0.3, -0.25) is 10.1 Å². The Balaban J connectivity index is 3.19. The second-order valence-corrected chi connectivity index (χ2v) is 6.12. The molecule has 2 atom stereocenters. The van der Waals surface area contributed by atoms with Crippen LogP contribution in [0, 0.1) is 21.8 Å². The third kappa shape index (κ3) is 3.71. The molecule has 0 fully saturated rings. The van der Waals surface area contributed by atoms with Crippen molar-refractivity contribution in [2.24, 2.45) is 5.92 Å². The Bertz CT molecular complexity index is 605. The van der Waals surface area contributed by atoms with E-state index in [1.165, 1.54) is 6.92 Å². The Labute approximate surface area is 115 Å². The SMILES string of the molecule is CC(CO)C(C)NS(=O)(=O)c1ccc(F)cc1[N+](=O)[O-]. The summed E-state index contributed by atoms with van der Waals surface area (Å²) in [4.78, 5) is 9.23. The average molecular weight is 306 g/mol. The van der Waals surface area contributed by atoms with Crippen LogP contribution in [0.25, 0.3) is 0 Å². The van der Waals surface area contributed by atoms with Crippen LogP contribution in [-0.2, 0) is 10.0 Å². The molecule has 0 saturated heterocycles. The molecule has 0 radical (unpaired) electrons. The molecule has 0 aliphatic carbocycles. The van der Waals surface area contributed by atoms with E-state index in [2.05, 4.69) is 4.72 Å². The van der Waals surface area contributed by atoms with Crippen molar-refractivity contribution in [1.82, 2.24) is 4.72 Å². The maximum absolute atomic E-state index is 13.0. The number of rotatable bonds is 6. The molecule has 0 bridgehead atoms. The van der Waals surface area contributed by atoms with Gasteiger partial charge in [0.1, 0.15) is 5.82 Å². The Kier molecular flexibility index (Phi) is 5.15. The molecule has 20 heavy (non-hydrogen) atoms. The lowest BCUT2D eigenvalue weighted by Gasteiger charge is -2.19. The van der Waals surface area contributed by atoms with E-state index in [1.807, 2.05) is 0 Å². The highest BCUT2D eigenvalue weighted by Crippen LogP contribution is 2.25. The fourth-order valence-corrected chi connectivity index (χ4v) is 2.95. The first-order valence-corrected chi connectivity index (χ1v) is 7.24. The maximum atomic E-state index is 13.0. The molecule has 1 aromatic rings. The first kappa shape index (κ1) is 16.5. The maximum Gasteiger partial charge on any atom is 0.292 e. The van der Waals surface area contributed by atoms with Crippen LogP contribution < -0.4 is 4.72 Å². The van der Waals surface area contributed by atoms with Crippen LogP contribution >= 0.6 is 0 Å². The molecule has 0 heterocycles. The van der Waals surface area contributed by atoms with Crippen molar-refractivity contribution in [1.29, 1.82) is 0 Å². The van der Waals surface area contributed by atoms with Crippen LogP contribution in [0.4, 0.5) is 10.1 Å². The van der Waals surface area contributed by atoms with Crippen LogP contribution in [0.5, 0.6) is 0 Å². The molecule has 1 aromatic carbocycles. The summed E-state index contributed by atoms with van der Waals surface area (Å²) in [6.45, 7) is 2.90. The molecular weight excluding hydrogens is 291 g/mol. The molecule has 7 nitrogen and oxygen atoms in total. The Hall–Kier alpha value is -1.58. The van der Waals surface area contributed by atoms with Crippen molar-refractivity contribution in [2.45, 2.75) is 24.8 Å². The van der Waals surface area contributed by atoms with Gasteiger partial charge in [0, 0.05) is 12.6 Å². The van der Waals surface area contributed by atoms with Crippen LogP contribution in [0.2, 0.25) is 0 Å². The smallest absolute Gasteiger partial charge is 0.292 e. The summed E-state index contributed by atoms with van der Waals surface area (Å²) in [5.74, 6) is -1.27. The van der Waals surface area contributed by atoms with Gasteiger partial charge in [-0.1, -0.05) is 6.92 Å². The van der Waals surface area contributed by atoms with Crippen molar-refractivity contribution in [3.8, 4) is 0 Å². The largest absolute Gasteiger partial charge is 0.396 e. The molecule has 0 aliphatic rings. The van der Waals surface area contributed by atoms with E-state index < -0.39 is 37.4 Å². The van der Waals surface area contributed by atoms with Crippen LogP contribution in [0.1, 0.15) is 13.8 Å². The quantitative estimate of drug-likeness (QED) is 0.602. The van der Waals surface area contributed by atoms with Gasteiger partial charge in [0.15, 0.2) is 4.90 Å². The van der Waals surface area contributed by atoms with E-state index in [1.54, 1.807) is 6.92 Å². The number of sulfonamides is 1. The summed E-state index contributed by atoms with van der Waals surface area (Å²) in [6, 6.07) is 1.59. The number of halogens is 1. The van der Waals surface area contributed by atoms with Gasteiger partial charge in [-0.2, -0.15) is 0 Å². The molecule has 2 unspecified atom stereocenters. The predicted octanol–water partition coefficient (Wildman–Crippen LogP) is 1.03. The predicted molar refractivity (Wildman–Crippen MR) is 69.1 cm³/mol. The molecule has 9 heteroatoms. The summed E-state index contributed by atoms with van der Waals surface area (Å²) >= 11 is 0. The second kappa shape index (κ2) is 6.25. The van der Waals surface area contributed by atoms with E-state index >= 15 is 0 Å². The number of nitrogens with one attached hydrogen (secondary N) is 1. The number of hydrogen-bond donors (Lipinski definition) is 2. The number of benzene rings is 1. The molecular formula is C11H15FN2O5S. The van der Waals surface area contributed by atoms with E-state index in [0.717, 1.165) is 12.1 Å². The van der Waals surface area contributed by atoms with Gasteiger partial charge >= 0.3 is 0 Å². The van der Waals surface area contributed by atoms with E-state index in [-0.39, 0.29) is 12.5 Å². The first-order chi connectivity index (χ1) is 9.19. The highest BCUT2D eigenvalue weighted by Gasteiger charge is 2.28. The van der Waals surface area contributed by atoms with Gasteiger partial charge in [0.2, 0.25) is 10.0 Å². The lowest BCUT2D eigenvalue weighted by Crippen LogP contribution is -2.38. The zero-order valence-electron chi connectivity index (χ0n) is 10.9. The molecule has 0 spiro atoms. The Morgan fingerprint density at radius 3 is 2.55 bits per heavy atom. The van der Waals surface area contributed by atoms with Crippen LogP contribution in [0.3, 0.4) is 0 Å². The summed E-state index contributed by atoms with van der Waals surface area (Å²) in [6.07, 6.45) is 0. The van der Waals surface area contributed by atoms with Crippen molar-refractivity contribution >= 4 is 15.7 Å². The van der Waals surface area contributed by atoms with E-state index in [4.69, 9.17) is 5.11 Å². The highest BCUT2D eigenvalue weighted by molar-refractivity contribution is 7.89. The molecule has 0 aromatic heterocycles. The minimum absolute atomic E-state index is 0.241. The van der Waals surface area contributed by atoms with Crippen molar-refractivity contribution in [2.75, 3.05) is 6.61 Å². The van der Waals surface area contributed by atoms with E-state index in [9.17, 15) is 22.9 Å². The lowest BCUT2D eigenvalue weighted by molar-refractivity contribution is -0.388. The van der Waals surface area contributed by atoms with Crippen molar-refractivity contribution in [3.05, 3.63) is 34.1 Å². The molecule has 0 amide bonds. The minimum atomic E-state index is -4.18. The van der Waals surface area contributed by atoms with Gasteiger partial charge in [-0.05, 0) is 25.0 Å². The molecule has 0 aliphatic heterocycles. The molecule has 2 N–H and O–H groups in total. The molecule has 0 saturated carbocycles. The zero-order valence-corrected chi connectivity index (χ0v) is 11.7. The Morgan fingerprint density at radius 1 is 1.45 bits per heavy atom. The van der Waals surface area contributed by atoms with Gasteiger partial charge in [0.05, 0.1) is 11.0 Å². The number of nitro groups is 1. The molecule has 1 rings (SSSR count). The fraction of sp³-hybridized carbons (Fsp3) is 0.455. The number of nitro benzene ring substituents is 1. The number of hydrogen-bond acceptors (Lipinski definition) is 5. The van der Waals surface area contributed by atoms with Crippen LogP contribution in [-0.4, -0.2) is 31.1 Å². The zero-order chi connectivity index (χ0) is 15.5. The summed E-state index contributed by atoms with van der Waals surface area (Å²) in [5, 5.41) is 19.8. The fourth-order valence-electron chi connectivity index (χ4n) is 1.44.